The largest absolute Gasteiger partial charge is 0.480 e. The number of carboxylic acid groups (broad SMARTS) is 1. The van der Waals surface area contributed by atoms with Crippen molar-refractivity contribution in [2.75, 3.05) is 39.9 Å². The first kappa shape index (κ1) is 14.9. The number of ether oxygens (including phenoxy) is 1. The van der Waals surface area contributed by atoms with Crippen LogP contribution in [0.3, 0.4) is 0 Å². The molecule has 1 aliphatic rings. The third kappa shape index (κ3) is 6.56. The maximum absolute atomic E-state index is 11.3. The SMILES string of the molecule is CN1CCC(CCNC(=O)COCC(=O)O)CC1. The minimum Gasteiger partial charge on any atom is -0.480 e. The minimum absolute atomic E-state index is 0.181. The summed E-state index contributed by atoms with van der Waals surface area (Å²) < 4.78 is 4.70. The van der Waals surface area contributed by atoms with Gasteiger partial charge in [0.1, 0.15) is 13.2 Å². The Hall–Kier alpha value is -1.14. The van der Waals surface area contributed by atoms with Crippen LogP contribution in [0.1, 0.15) is 19.3 Å². The van der Waals surface area contributed by atoms with E-state index < -0.39 is 12.6 Å². The number of carbonyl (C=O) groups is 2. The zero-order valence-electron chi connectivity index (χ0n) is 10.9. The van der Waals surface area contributed by atoms with Gasteiger partial charge in [-0.3, -0.25) is 4.79 Å². The van der Waals surface area contributed by atoms with E-state index in [4.69, 9.17) is 9.84 Å². The minimum atomic E-state index is -1.06. The Morgan fingerprint density at radius 2 is 2.00 bits per heavy atom. The molecule has 1 saturated heterocycles. The summed E-state index contributed by atoms with van der Waals surface area (Å²) in [6.07, 6.45) is 3.35. The van der Waals surface area contributed by atoms with Gasteiger partial charge < -0.3 is 20.1 Å². The molecule has 6 nitrogen and oxygen atoms in total. The summed E-state index contributed by atoms with van der Waals surface area (Å²) in [6.45, 7) is 2.28. The number of rotatable bonds is 7. The molecule has 0 unspecified atom stereocenters. The number of aliphatic carboxylic acids is 1. The van der Waals surface area contributed by atoms with Crippen molar-refractivity contribution >= 4 is 11.9 Å². The van der Waals surface area contributed by atoms with Crippen molar-refractivity contribution in [3.05, 3.63) is 0 Å². The van der Waals surface area contributed by atoms with Gasteiger partial charge in [-0.15, -0.1) is 0 Å². The Kier molecular flexibility index (Phi) is 6.67. The number of nitrogens with zero attached hydrogens (tertiary/aromatic N) is 1. The van der Waals surface area contributed by atoms with E-state index in [-0.39, 0.29) is 12.5 Å². The molecule has 1 fully saturated rings. The lowest BCUT2D eigenvalue weighted by molar-refractivity contribution is -0.143. The van der Waals surface area contributed by atoms with Gasteiger partial charge in [-0.05, 0) is 45.3 Å². The third-order valence-corrected chi connectivity index (χ3v) is 3.17. The van der Waals surface area contributed by atoms with Gasteiger partial charge in [-0.25, -0.2) is 4.79 Å². The molecular weight excluding hydrogens is 236 g/mol. The van der Waals surface area contributed by atoms with E-state index in [9.17, 15) is 9.59 Å². The van der Waals surface area contributed by atoms with E-state index in [0.717, 1.165) is 19.5 Å². The summed E-state index contributed by atoms with van der Waals surface area (Å²) in [6, 6.07) is 0. The van der Waals surface area contributed by atoms with Gasteiger partial charge in [0, 0.05) is 6.54 Å². The number of carboxylic acids is 1. The van der Waals surface area contributed by atoms with E-state index in [0.29, 0.717) is 12.5 Å². The highest BCUT2D eigenvalue weighted by molar-refractivity contribution is 5.77. The molecule has 6 heteroatoms. The molecule has 1 amide bonds. The lowest BCUT2D eigenvalue weighted by atomic mass is 9.94. The maximum atomic E-state index is 11.3. The van der Waals surface area contributed by atoms with Crippen LogP contribution in [0.5, 0.6) is 0 Å². The average molecular weight is 258 g/mol. The Morgan fingerprint density at radius 1 is 1.33 bits per heavy atom. The number of piperidine rings is 1. The number of likely N-dealkylation sites (tertiary alicyclic amines) is 1. The molecule has 1 aliphatic heterocycles. The van der Waals surface area contributed by atoms with Crippen LogP contribution in [0.4, 0.5) is 0 Å². The maximum Gasteiger partial charge on any atom is 0.329 e. The second kappa shape index (κ2) is 8.05. The van der Waals surface area contributed by atoms with Gasteiger partial charge in [0.2, 0.25) is 5.91 Å². The van der Waals surface area contributed by atoms with Crippen molar-refractivity contribution in [3.63, 3.8) is 0 Å². The summed E-state index contributed by atoms with van der Waals surface area (Å²) in [5.41, 5.74) is 0. The normalized spacial score (nSPS) is 17.6. The topological polar surface area (TPSA) is 78.9 Å². The van der Waals surface area contributed by atoms with Crippen LogP contribution >= 0.6 is 0 Å². The second-order valence-electron chi connectivity index (χ2n) is 4.77. The Labute approximate surface area is 107 Å². The van der Waals surface area contributed by atoms with Crippen molar-refractivity contribution in [3.8, 4) is 0 Å². The number of hydrogen-bond donors (Lipinski definition) is 2. The van der Waals surface area contributed by atoms with Crippen LogP contribution in [-0.4, -0.2) is 61.8 Å². The van der Waals surface area contributed by atoms with Crippen LogP contribution in [-0.2, 0) is 14.3 Å². The highest BCUT2D eigenvalue weighted by atomic mass is 16.5. The molecule has 0 aromatic rings. The van der Waals surface area contributed by atoms with Crippen LogP contribution in [0.25, 0.3) is 0 Å². The fourth-order valence-corrected chi connectivity index (χ4v) is 2.05. The highest BCUT2D eigenvalue weighted by Gasteiger charge is 2.16. The zero-order chi connectivity index (χ0) is 13.4. The summed E-state index contributed by atoms with van der Waals surface area (Å²) in [7, 11) is 2.12. The average Bonchev–Trinajstić information content (AvgIpc) is 2.31. The van der Waals surface area contributed by atoms with Crippen molar-refractivity contribution in [1.82, 2.24) is 10.2 Å². The molecule has 0 atom stereocenters. The zero-order valence-corrected chi connectivity index (χ0v) is 10.9. The molecule has 0 bridgehead atoms. The second-order valence-corrected chi connectivity index (χ2v) is 4.77. The van der Waals surface area contributed by atoms with Crippen LogP contribution in [0.15, 0.2) is 0 Å². The third-order valence-electron chi connectivity index (χ3n) is 3.17. The summed E-state index contributed by atoms with van der Waals surface area (Å²) >= 11 is 0. The van der Waals surface area contributed by atoms with Gasteiger partial charge in [-0.1, -0.05) is 0 Å². The van der Waals surface area contributed by atoms with E-state index in [1.54, 1.807) is 0 Å². The van der Waals surface area contributed by atoms with Crippen LogP contribution < -0.4 is 5.32 Å². The first-order valence-corrected chi connectivity index (χ1v) is 6.32. The van der Waals surface area contributed by atoms with Crippen LogP contribution in [0, 0.1) is 5.92 Å². The molecule has 0 aromatic carbocycles. The van der Waals surface area contributed by atoms with Gasteiger partial charge >= 0.3 is 5.97 Å². The van der Waals surface area contributed by atoms with Crippen molar-refractivity contribution < 1.29 is 19.4 Å². The Bertz CT molecular complexity index is 275. The van der Waals surface area contributed by atoms with E-state index in [1.807, 2.05) is 0 Å². The van der Waals surface area contributed by atoms with E-state index >= 15 is 0 Å². The first-order chi connectivity index (χ1) is 8.58. The molecule has 0 radical (unpaired) electrons. The smallest absolute Gasteiger partial charge is 0.329 e. The van der Waals surface area contributed by atoms with Gasteiger partial charge in [0.25, 0.3) is 0 Å². The number of nitrogens with one attached hydrogen (secondary N) is 1. The van der Waals surface area contributed by atoms with Crippen molar-refractivity contribution in [2.45, 2.75) is 19.3 Å². The Balaban J connectivity index is 2.00. The van der Waals surface area contributed by atoms with Crippen LogP contribution in [0.2, 0.25) is 0 Å². The lowest BCUT2D eigenvalue weighted by Gasteiger charge is -2.28. The molecule has 104 valence electrons. The molecule has 0 spiro atoms. The Morgan fingerprint density at radius 3 is 2.61 bits per heavy atom. The predicted molar refractivity (Wildman–Crippen MR) is 66.3 cm³/mol. The number of carbonyl (C=O) groups excluding carboxylic acids is 1. The standard InChI is InChI=1S/C12H22N2O4/c1-14-6-3-10(4-7-14)2-5-13-11(15)8-18-9-12(16)17/h10H,2-9H2,1H3,(H,13,15)(H,16,17). The predicted octanol–water partition coefficient (Wildman–Crippen LogP) is -0.0643. The quantitative estimate of drug-likeness (QED) is 0.668. The van der Waals surface area contributed by atoms with Gasteiger partial charge in [0.15, 0.2) is 0 Å². The van der Waals surface area contributed by atoms with Gasteiger partial charge in [0.05, 0.1) is 0 Å². The van der Waals surface area contributed by atoms with Crippen molar-refractivity contribution in [2.24, 2.45) is 5.92 Å². The molecule has 1 rings (SSSR count). The molecule has 18 heavy (non-hydrogen) atoms. The number of hydrogen-bond acceptors (Lipinski definition) is 4. The monoisotopic (exact) mass is 258 g/mol. The number of amides is 1. The first-order valence-electron chi connectivity index (χ1n) is 6.32. The molecule has 0 aliphatic carbocycles. The summed E-state index contributed by atoms with van der Waals surface area (Å²) in [5, 5.41) is 11.1. The molecular formula is C12H22N2O4. The van der Waals surface area contributed by atoms with E-state index in [2.05, 4.69) is 17.3 Å². The summed E-state index contributed by atoms with van der Waals surface area (Å²) in [4.78, 5) is 23.8. The van der Waals surface area contributed by atoms with E-state index in [1.165, 1.54) is 12.8 Å². The fourth-order valence-electron chi connectivity index (χ4n) is 2.05. The van der Waals surface area contributed by atoms with Crippen molar-refractivity contribution in [1.29, 1.82) is 0 Å². The fraction of sp³-hybridized carbons (Fsp3) is 0.833. The van der Waals surface area contributed by atoms with Gasteiger partial charge in [-0.2, -0.15) is 0 Å². The molecule has 0 saturated carbocycles. The summed E-state index contributed by atoms with van der Waals surface area (Å²) in [5.74, 6) is -0.625. The molecule has 2 N–H and O–H groups in total. The molecule has 1 heterocycles. The highest BCUT2D eigenvalue weighted by Crippen LogP contribution is 2.18. The molecule has 0 aromatic heterocycles. The lowest BCUT2D eigenvalue weighted by Crippen LogP contribution is -2.34.